The molecule has 146 valence electrons. The second-order valence-corrected chi connectivity index (χ2v) is 7.35. The first-order valence-electron chi connectivity index (χ1n) is 8.61. The number of amides is 2. The van der Waals surface area contributed by atoms with Crippen molar-refractivity contribution in [3.05, 3.63) is 64.2 Å². The Labute approximate surface area is 174 Å². The number of benzene rings is 2. The maximum atomic E-state index is 14.1. The molecule has 3 aromatic rings. The molecule has 0 aliphatic carbocycles. The van der Waals surface area contributed by atoms with Crippen LogP contribution in [0.25, 0.3) is 16.8 Å². The first kappa shape index (κ1) is 19.4. The van der Waals surface area contributed by atoms with Gasteiger partial charge in [-0.3, -0.25) is 14.5 Å². The monoisotopic (exact) mass is 429 g/mol. The first-order valence-corrected chi connectivity index (χ1v) is 9.80. The molecule has 4 rings (SSSR count). The van der Waals surface area contributed by atoms with Gasteiger partial charge < -0.3 is 4.74 Å². The molecular weight excluding hydrogens is 417 g/mol. The van der Waals surface area contributed by atoms with Crippen LogP contribution < -0.4 is 4.74 Å². The van der Waals surface area contributed by atoms with E-state index in [2.05, 4.69) is 9.97 Å². The highest BCUT2D eigenvalue weighted by molar-refractivity contribution is 8.18. The zero-order valence-electron chi connectivity index (χ0n) is 15.1. The van der Waals surface area contributed by atoms with Crippen LogP contribution in [0, 0.1) is 5.82 Å². The van der Waals surface area contributed by atoms with E-state index in [9.17, 15) is 14.0 Å². The van der Waals surface area contributed by atoms with Crippen molar-refractivity contribution < 1.29 is 18.7 Å². The van der Waals surface area contributed by atoms with Crippen LogP contribution in [0.3, 0.4) is 0 Å². The molecule has 0 atom stereocenters. The second-order valence-electron chi connectivity index (χ2n) is 6.02. The summed E-state index contributed by atoms with van der Waals surface area (Å²) in [5.74, 6) is -1.23. The van der Waals surface area contributed by atoms with Crippen LogP contribution in [-0.4, -0.2) is 32.6 Å². The predicted octanol–water partition coefficient (Wildman–Crippen LogP) is 5.27. The highest BCUT2D eigenvalue weighted by atomic mass is 35.5. The summed E-state index contributed by atoms with van der Waals surface area (Å²) in [6.45, 7) is 2.01. The first-order chi connectivity index (χ1) is 14.0. The summed E-state index contributed by atoms with van der Waals surface area (Å²) in [6.07, 6.45) is 2.50. The minimum absolute atomic E-state index is 0.159. The largest absolute Gasteiger partial charge is 0.436 e. The molecule has 0 radical (unpaired) electrons. The SMILES string of the molecule is CCN1C(=O)S/C(=C/c2c(Oc3nc(Cl)ncc3F)ccc3ccccc23)C1=O. The van der Waals surface area contributed by atoms with Crippen LogP contribution >= 0.6 is 23.4 Å². The van der Waals surface area contributed by atoms with Crippen molar-refractivity contribution in [1.82, 2.24) is 14.9 Å². The number of imide groups is 1. The number of rotatable bonds is 4. The van der Waals surface area contributed by atoms with E-state index >= 15 is 0 Å². The van der Waals surface area contributed by atoms with Gasteiger partial charge in [0.15, 0.2) is 0 Å². The number of ether oxygens (including phenoxy) is 1. The number of nitrogens with zero attached hydrogens (tertiary/aromatic N) is 3. The maximum absolute atomic E-state index is 14.1. The van der Waals surface area contributed by atoms with Crippen LogP contribution in [0.4, 0.5) is 9.18 Å². The summed E-state index contributed by atoms with van der Waals surface area (Å²) >= 11 is 6.60. The second kappa shape index (κ2) is 7.81. The lowest BCUT2D eigenvalue weighted by Crippen LogP contribution is -2.27. The van der Waals surface area contributed by atoms with Crippen LogP contribution in [-0.2, 0) is 4.79 Å². The van der Waals surface area contributed by atoms with Gasteiger partial charge in [-0.15, -0.1) is 0 Å². The minimum Gasteiger partial charge on any atom is -0.436 e. The van der Waals surface area contributed by atoms with Gasteiger partial charge >= 0.3 is 0 Å². The Kier molecular flexibility index (Phi) is 5.21. The van der Waals surface area contributed by atoms with Crippen molar-refractivity contribution in [2.75, 3.05) is 6.54 Å². The van der Waals surface area contributed by atoms with Crippen LogP contribution in [0.2, 0.25) is 5.28 Å². The fourth-order valence-corrected chi connectivity index (χ4v) is 3.93. The van der Waals surface area contributed by atoms with E-state index < -0.39 is 5.82 Å². The number of halogens is 2. The molecule has 1 aliphatic rings. The van der Waals surface area contributed by atoms with Crippen molar-refractivity contribution in [2.24, 2.45) is 0 Å². The average Bonchev–Trinajstić information content (AvgIpc) is 2.98. The zero-order chi connectivity index (χ0) is 20.5. The third kappa shape index (κ3) is 3.68. The molecule has 0 N–H and O–H groups in total. The highest BCUT2D eigenvalue weighted by Gasteiger charge is 2.34. The number of hydrogen-bond donors (Lipinski definition) is 0. The molecule has 1 saturated heterocycles. The quantitative estimate of drug-likeness (QED) is 0.415. The molecule has 9 heteroatoms. The number of aromatic nitrogens is 2. The molecule has 29 heavy (non-hydrogen) atoms. The Hall–Kier alpha value is -2.97. The Balaban J connectivity index is 1.86. The third-order valence-electron chi connectivity index (χ3n) is 4.29. The van der Waals surface area contributed by atoms with Gasteiger partial charge in [-0.25, -0.2) is 4.98 Å². The molecule has 0 unspecified atom stereocenters. The number of carbonyl (C=O) groups is 2. The molecule has 1 aliphatic heterocycles. The molecule has 0 saturated carbocycles. The number of thioether (sulfide) groups is 1. The van der Waals surface area contributed by atoms with Gasteiger partial charge in [0.2, 0.25) is 11.1 Å². The zero-order valence-corrected chi connectivity index (χ0v) is 16.6. The highest BCUT2D eigenvalue weighted by Crippen LogP contribution is 2.38. The lowest BCUT2D eigenvalue weighted by atomic mass is 10.0. The van der Waals surface area contributed by atoms with E-state index in [4.69, 9.17) is 16.3 Å². The molecule has 2 aromatic carbocycles. The summed E-state index contributed by atoms with van der Waals surface area (Å²) in [5, 5.41) is 1.17. The van der Waals surface area contributed by atoms with E-state index in [1.54, 1.807) is 25.1 Å². The van der Waals surface area contributed by atoms with Gasteiger partial charge in [0, 0.05) is 12.1 Å². The average molecular weight is 430 g/mol. The standard InChI is InChI=1S/C20H13ClFN3O3S/c1-2-25-18(26)16(29-20(25)27)9-13-12-6-4-3-5-11(12)7-8-15(13)28-17-14(22)10-23-19(21)24-17/h3-10H,2H2,1H3/b16-9+. The van der Waals surface area contributed by atoms with Crippen LogP contribution in [0.1, 0.15) is 12.5 Å². The lowest BCUT2D eigenvalue weighted by Gasteiger charge is -2.12. The lowest BCUT2D eigenvalue weighted by molar-refractivity contribution is -0.122. The van der Waals surface area contributed by atoms with Gasteiger partial charge in [0.25, 0.3) is 17.0 Å². The number of fused-ring (bicyclic) bond motifs is 1. The van der Waals surface area contributed by atoms with Gasteiger partial charge in [0.1, 0.15) is 5.75 Å². The van der Waals surface area contributed by atoms with Crippen LogP contribution in [0.15, 0.2) is 47.5 Å². The van der Waals surface area contributed by atoms with E-state index in [1.807, 2.05) is 24.3 Å². The summed E-state index contributed by atoms with van der Waals surface area (Å²) in [5.41, 5.74) is 0.527. The van der Waals surface area contributed by atoms with E-state index in [0.29, 0.717) is 5.56 Å². The topological polar surface area (TPSA) is 72.4 Å². The molecule has 2 heterocycles. The molecule has 6 nitrogen and oxygen atoms in total. The molecule has 2 amide bonds. The number of carbonyl (C=O) groups excluding carboxylic acids is 2. The Morgan fingerprint density at radius 3 is 2.79 bits per heavy atom. The van der Waals surface area contributed by atoms with Crippen molar-refractivity contribution in [3.63, 3.8) is 0 Å². The Bertz CT molecular complexity index is 1180. The summed E-state index contributed by atoms with van der Waals surface area (Å²) in [7, 11) is 0. The van der Waals surface area contributed by atoms with Crippen molar-refractivity contribution in [2.45, 2.75) is 6.92 Å². The van der Waals surface area contributed by atoms with Gasteiger partial charge in [-0.2, -0.15) is 9.37 Å². The van der Waals surface area contributed by atoms with Crippen molar-refractivity contribution in [3.8, 4) is 11.6 Å². The summed E-state index contributed by atoms with van der Waals surface area (Å²) in [4.78, 5) is 33.4. The fraction of sp³-hybridized carbons (Fsp3) is 0.100. The number of hydrogen-bond acceptors (Lipinski definition) is 6. The van der Waals surface area contributed by atoms with Gasteiger partial charge in [0.05, 0.1) is 11.1 Å². The summed E-state index contributed by atoms with van der Waals surface area (Å²) in [6, 6.07) is 10.9. The third-order valence-corrected chi connectivity index (χ3v) is 5.37. The van der Waals surface area contributed by atoms with Crippen molar-refractivity contribution in [1.29, 1.82) is 0 Å². The predicted molar refractivity (Wildman–Crippen MR) is 109 cm³/mol. The van der Waals surface area contributed by atoms with Crippen LogP contribution in [0.5, 0.6) is 11.6 Å². The van der Waals surface area contributed by atoms with E-state index in [-0.39, 0.29) is 39.5 Å². The Morgan fingerprint density at radius 1 is 1.24 bits per heavy atom. The normalized spacial score (nSPS) is 15.6. The minimum atomic E-state index is -0.778. The molecule has 1 aromatic heterocycles. The molecule has 1 fully saturated rings. The van der Waals surface area contributed by atoms with E-state index in [1.165, 1.54) is 0 Å². The molecule has 0 bridgehead atoms. The Morgan fingerprint density at radius 2 is 2.03 bits per heavy atom. The van der Waals surface area contributed by atoms with Crippen molar-refractivity contribution >= 4 is 51.4 Å². The van der Waals surface area contributed by atoms with E-state index in [0.717, 1.165) is 33.6 Å². The van der Waals surface area contributed by atoms with Gasteiger partial charge in [-0.1, -0.05) is 30.3 Å². The van der Waals surface area contributed by atoms with Gasteiger partial charge in [-0.05, 0) is 53.2 Å². The fourth-order valence-electron chi connectivity index (χ4n) is 2.92. The summed E-state index contributed by atoms with van der Waals surface area (Å²) < 4.78 is 19.8. The molecular formula is C20H13ClFN3O3S. The molecule has 0 spiro atoms. The number of likely N-dealkylation sites (N-methyl/N-ethyl adjacent to an activating group) is 1. The smallest absolute Gasteiger partial charge is 0.293 e. The maximum Gasteiger partial charge on any atom is 0.293 e.